The molecule has 0 aliphatic heterocycles. The average Bonchev–Trinajstić information content (AvgIpc) is 3.04. The van der Waals surface area contributed by atoms with E-state index in [1.807, 2.05) is 48.5 Å². The number of fused-ring (bicyclic) bond motifs is 1. The van der Waals surface area contributed by atoms with Crippen molar-refractivity contribution in [2.45, 2.75) is 25.3 Å². The first-order chi connectivity index (χ1) is 20.7. The zero-order valence-electron chi connectivity index (χ0n) is 23.0. The van der Waals surface area contributed by atoms with E-state index in [0.717, 1.165) is 30.0 Å². The lowest BCUT2D eigenvalue weighted by Crippen LogP contribution is -2.35. The number of anilines is 2. The van der Waals surface area contributed by atoms with Crippen LogP contribution in [0.25, 0.3) is 43.2 Å². The molecule has 0 saturated heterocycles. The molecule has 5 nitrogen and oxygen atoms in total. The van der Waals surface area contributed by atoms with Gasteiger partial charge in [0, 0.05) is 22.8 Å². The summed E-state index contributed by atoms with van der Waals surface area (Å²) in [5.74, 6) is -0.163. The van der Waals surface area contributed by atoms with Crippen molar-refractivity contribution >= 4 is 66.8 Å². The number of nitrogens with zero attached hydrogens (tertiary/aromatic N) is 1. The summed E-state index contributed by atoms with van der Waals surface area (Å²) in [7, 11) is 0. The average molecular weight is 548 g/mol. The summed E-state index contributed by atoms with van der Waals surface area (Å²) in [6.45, 7) is 0. The van der Waals surface area contributed by atoms with Crippen molar-refractivity contribution in [2.24, 2.45) is 0 Å². The number of hydrogen-bond acceptors (Lipinski definition) is 4. The Labute approximate surface area is 243 Å². The van der Waals surface area contributed by atoms with Crippen LogP contribution in [-0.2, 0) is 11.2 Å². The zero-order chi connectivity index (χ0) is 28.5. The second-order valence-electron chi connectivity index (χ2n) is 10.7. The molecular formula is C37H29N3O2. The van der Waals surface area contributed by atoms with Gasteiger partial charge < -0.3 is 10.6 Å². The quantitative estimate of drug-likeness (QED) is 0.141. The van der Waals surface area contributed by atoms with Crippen molar-refractivity contribution in [3.63, 3.8) is 0 Å². The number of carbonyl (C=O) groups excluding carboxylic acids is 2. The molecule has 7 aromatic rings. The fourth-order valence-corrected chi connectivity index (χ4v) is 6.12. The van der Waals surface area contributed by atoms with Crippen molar-refractivity contribution < 1.29 is 9.59 Å². The Balaban J connectivity index is 1.17. The molecule has 204 valence electrons. The summed E-state index contributed by atoms with van der Waals surface area (Å²) in [5, 5.41) is 15.0. The van der Waals surface area contributed by atoms with Gasteiger partial charge >= 0.3 is 0 Å². The van der Waals surface area contributed by atoms with Gasteiger partial charge in [0.2, 0.25) is 5.91 Å². The molecule has 0 aliphatic carbocycles. The van der Waals surface area contributed by atoms with E-state index in [0.29, 0.717) is 23.4 Å². The van der Waals surface area contributed by atoms with Gasteiger partial charge in [-0.15, -0.1) is 0 Å². The highest BCUT2D eigenvalue weighted by atomic mass is 16.2. The Bertz CT molecular complexity index is 2060. The van der Waals surface area contributed by atoms with Crippen LogP contribution < -0.4 is 10.6 Å². The summed E-state index contributed by atoms with van der Waals surface area (Å²) < 4.78 is 0. The number of aromatic nitrogens is 1. The number of pyridine rings is 1. The Morgan fingerprint density at radius 3 is 2.26 bits per heavy atom. The van der Waals surface area contributed by atoms with Gasteiger partial charge in [-0.3, -0.25) is 14.6 Å². The standard InChI is InChI=1S/C37H29N3O2/c41-23-29-7-1-2-13-31(29)39-33(37(42)40-32-14-5-11-28-12-6-22-38-36(28)32)15-4-8-24-16-17-27-19-18-25-9-3-10-26-20-21-30(24)35(27)34(25)26/h1-3,5-7,9-14,16-23,33,39H,4,8,15H2,(H,40,42). The molecule has 0 radical (unpaired) electrons. The van der Waals surface area contributed by atoms with E-state index >= 15 is 0 Å². The van der Waals surface area contributed by atoms with Crippen LogP contribution in [0, 0.1) is 0 Å². The molecule has 0 aliphatic rings. The van der Waals surface area contributed by atoms with Gasteiger partial charge in [0.1, 0.15) is 6.04 Å². The summed E-state index contributed by atoms with van der Waals surface area (Å²) in [4.78, 5) is 30.0. The fourth-order valence-electron chi connectivity index (χ4n) is 6.12. The SMILES string of the molecule is O=Cc1ccccc1NC(CCCc1ccc2ccc3cccc4ccc1c2c34)C(=O)Nc1cccc2cccnc12. The molecule has 0 bridgehead atoms. The molecule has 1 amide bonds. The minimum Gasteiger partial charge on any atom is -0.373 e. The maximum atomic E-state index is 13.8. The van der Waals surface area contributed by atoms with Gasteiger partial charge in [0.15, 0.2) is 6.29 Å². The number of aryl methyl sites for hydroxylation is 1. The largest absolute Gasteiger partial charge is 0.373 e. The van der Waals surface area contributed by atoms with E-state index in [-0.39, 0.29) is 5.91 Å². The van der Waals surface area contributed by atoms with Gasteiger partial charge in [0.25, 0.3) is 0 Å². The molecule has 0 fully saturated rings. The lowest BCUT2D eigenvalue weighted by atomic mass is 9.90. The summed E-state index contributed by atoms with van der Waals surface area (Å²) in [5.41, 5.74) is 3.85. The Morgan fingerprint density at radius 1 is 0.714 bits per heavy atom. The van der Waals surface area contributed by atoms with Crippen LogP contribution in [-0.4, -0.2) is 23.2 Å². The minimum atomic E-state index is -0.551. The van der Waals surface area contributed by atoms with E-state index in [1.54, 1.807) is 12.3 Å². The van der Waals surface area contributed by atoms with Gasteiger partial charge in [-0.05, 0) is 81.4 Å². The van der Waals surface area contributed by atoms with E-state index < -0.39 is 6.04 Å². The van der Waals surface area contributed by atoms with E-state index in [2.05, 4.69) is 70.2 Å². The summed E-state index contributed by atoms with van der Waals surface area (Å²) in [6.07, 6.45) is 4.73. The molecular weight excluding hydrogens is 518 g/mol. The summed E-state index contributed by atoms with van der Waals surface area (Å²) >= 11 is 0. The number of rotatable bonds is 9. The zero-order valence-corrected chi connectivity index (χ0v) is 23.0. The first-order valence-electron chi connectivity index (χ1n) is 14.3. The topological polar surface area (TPSA) is 71.1 Å². The number of para-hydroxylation sites is 2. The van der Waals surface area contributed by atoms with Crippen molar-refractivity contribution in [3.8, 4) is 0 Å². The number of benzene rings is 6. The molecule has 6 aromatic carbocycles. The number of carbonyl (C=O) groups is 2. The fraction of sp³-hybridized carbons (Fsp3) is 0.108. The molecule has 5 heteroatoms. The van der Waals surface area contributed by atoms with Gasteiger partial charge in [-0.2, -0.15) is 0 Å². The minimum absolute atomic E-state index is 0.163. The third-order valence-electron chi connectivity index (χ3n) is 8.18. The number of hydrogen-bond donors (Lipinski definition) is 2. The molecule has 7 rings (SSSR count). The van der Waals surface area contributed by atoms with E-state index in [1.165, 1.54) is 37.9 Å². The van der Waals surface area contributed by atoms with Crippen LogP contribution in [0.5, 0.6) is 0 Å². The molecule has 1 atom stereocenters. The Hall–Kier alpha value is -5.29. The van der Waals surface area contributed by atoms with Crippen molar-refractivity contribution in [1.29, 1.82) is 0 Å². The van der Waals surface area contributed by atoms with E-state index in [9.17, 15) is 9.59 Å². The first-order valence-corrected chi connectivity index (χ1v) is 14.3. The number of amides is 1. The molecule has 1 aromatic heterocycles. The molecule has 42 heavy (non-hydrogen) atoms. The van der Waals surface area contributed by atoms with Gasteiger partial charge in [0.05, 0.1) is 11.2 Å². The smallest absolute Gasteiger partial charge is 0.246 e. The maximum Gasteiger partial charge on any atom is 0.246 e. The highest BCUT2D eigenvalue weighted by molar-refractivity contribution is 6.23. The van der Waals surface area contributed by atoms with Gasteiger partial charge in [-0.25, -0.2) is 0 Å². The van der Waals surface area contributed by atoms with Crippen molar-refractivity contribution in [2.75, 3.05) is 10.6 Å². The normalized spacial score (nSPS) is 12.2. The second kappa shape index (κ2) is 10.9. The molecule has 2 N–H and O–H groups in total. The molecule has 0 spiro atoms. The first kappa shape index (κ1) is 25.7. The highest BCUT2D eigenvalue weighted by Crippen LogP contribution is 2.36. The van der Waals surface area contributed by atoms with Crippen LogP contribution in [0.2, 0.25) is 0 Å². The molecule has 0 saturated carbocycles. The highest BCUT2D eigenvalue weighted by Gasteiger charge is 2.21. The Morgan fingerprint density at radius 2 is 1.40 bits per heavy atom. The van der Waals surface area contributed by atoms with Crippen molar-refractivity contribution in [1.82, 2.24) is 4.98 Å². The number of nitrogens with one attached hydrogen (secondary N) is 2. The third-order valence-corrected chi connectivity index (χ3v) is 8.18. The lowest BCUT2D eigenvalue weighted by Gasteiger charge is -2.21. The summed E-state index contributed by atoms with van der Waals surface area (Å²) in [6, 6.07) is 36.1. The second-order valence-corrected chi connectivity index (χ2v) is 10.7. The van der Waals surface area contributed by atoms with Crippen molar-refractivity contribution in [3.05, 3.63) is 127 Å². The lowest BCUT2D eigenvalue weighted by molar-refractivity contribution is -0.117. The van der Waals surface area contributed by atoms with Gasteiger partial charge in [-0.1, -0.05) is 84.9 Å². The van der Waals surface area contributed by atoms with Crippen LogP contribution in [0.3, 0.4) is 0 Å². The Kier molecular flexibility index (Phi) is 6.68. The van der Waals surface area contributed by atoms with E-state index in [4.69, 9.17) is 0 Å². The monoisotopic (exact) mass is 547 g/mol. The van der Waals surface area contributed by atoms with Crippen LogP contribution in [0.15, 0.2) is 115 Å². The van der Waals surface area contributed by atoms with Crippen LogP contribution in [0.4, 0.5) is 11.4 Å². The number of aldehydes is 1. The predicted molar refractivity (Wildman–Crippen MR) is 173 cm³/mol. The predicted octanol–water partition coefficient (Wildman–Crippen LogP) is 8.39. The molecule has 1 heterocycles. The van der Waals surface area contributed by atoms with Crippen LogP contribution >= 0.6 is 0 Å². The van der Waals surface area contributed by atoms with Crippen LogP contribution in [0.1, 0.15) is 28.8 Å². The maximum absolute atomic E-state index is 13.8. The molecule has 1 unspecified atom stereocenters. The third kappa shape index (κ3) is 4.69.